The zero-order valence-electron chi connectivity index (χ0n) is 14.3. The highest BCUT2D eigenvalue weighted by molar-refractivity contribution is 5.33. The number of fused-ring (bicyclic) bond motifs is 1. The highest BCUT2D eigenvalue weighted by Gasteiger charge is 2.21. The largest absolute Gasteiger partial charge is 0.310 e. The van der Waals surface area contributed by atoms with Crippen LogP contribution in [0.1, 0.15) is 47.1 Å². The lowest BCUT2D eigenvalue weighted by molar-refractivity contribution is 0.240. The molecule has 0 atom stereocenters. The minimum atomic E-state index is 0.0460. The van der Waals surface area contributed by atoms with Gasteiger partial charge in [-0.1, -0.05) is 25.1 Å². The third-order valence-electron chi connectivity index (χ3n) is 4.71. The van der Waals surface area contributed by atoms with Crippen LogP contribution in [0.15, 0.2) is 23.0 Å². The van der Waals surface area contributed by atoms with E-state index in [9.17, 15) is 4.79 Å². The Bertz CT molecular complexity index is 743. The number of benzene rings is 1. The third kappa shape index (κ3) is 3.37. The van der Waals surface area contributed by atoms with Crippen LogP contribution in [-0.2, 0) is 25.9 Å². The standard InChI is InChI=1S/C19H25N3O/c1-4-6-18-20-17-9-10-22(12-16(17)19(23)21-18)11-15-13(2)7-5-8-14(15)3/h5,7-8H,4,6,9-12H2,1-3H3,(H,20,21,23). The van der Waals surface area contributed by atoms with Crippen molar-refractivity contribution < 1.29 is 0 Å². The quantitative estimate of drug-likeness (QED) is 0.944. The Morgan fingerprint density at radius 1 is 1.26 bits per heavy atom. The number of aromatic amines is 1. The summed E-state index contributed by atoms with van der Waals surface area (Å²) in [6, 6.07) is 6.42. The molecule has 0 bridgehead atoms. The van der Waals surface area contributed by atoms with Gasteiger partial charge in [0.15, 0.2) is 0 Å². The number of hydrogen-bond acceptors (Lipinski definition) is 3. The molecule has 0 amide bonds. The molecule has 1 aromatic heterocycles. The van der Waals surface area contributed by atoms with Gasteiger partial charge in [-0.3, -0.25) is 9.69 Å². The average molecular weight is 311 g/mol. The summed E-state index contributed by atoms with van der Waals surface area (Å²) in [7, 11) is 0. The molecule has 0 saturated heterocycles. The zero-order valence-corrected chi connectivity index (χ0v) is 14.3. The molecule has 1 aromatic carbocycles. The van der Waals surface area contributed by atoms with Gasteiger partial charge in [0.05, 0.1) is 11.3 Å². The molecule has 0 aliphatic carbocycles. The van der Waals surface area contributed by atoms with Gasteiger partial charge >= 0.3 is 0 Å². The van der Waals surface area contributed by atoms with Crippen LogP contribution in [0.4, 0.5) is 0 Å². The summed E-state index contributed by atoms with van der Waals surface area (Å²) in [5.41, 5.74) is 5.91. The lowest BCUT2D eigenvalue weighted by Crippen LogP contribution is -2.36. The maximum Gasteiger partial charge on any atom is 0.255 e. The normalized spacial score (nSPS) is 14.7. The molecule has 1 aliphatic rings. The Hall–Kier alpha value is -1.94. The summed E-state index contributed by atoms with van der Waals surface area (Å²) < 4.78 is 0. The van der Waals surface area contributed by atoms with Crippen LogP contribution >= 0.6 is 0 Å². The van der Waals surface area contributed by atoms with E-state index >= 15 is 0 Å². The van der Waals surface area contributed by atoms with Crippen LogP contribution in [0.3, 0.4) is 0 Å². The Morgan fingerprint density at radius 3 is 2.70 bits per heavy atom. The van der Waals surface area contributed by atoms with Gasteiger partial charge in [0.1, 0.15) is 5.82 Å². The van der Waals surface area contributed by atoms with E-state index in [4.69, 9.17) is 0 Å². The van der Waals surface area contributed by atoms with Crippen LogP contribution in [0, 0.1) is 13.8 Å². The van der Waals surface area contributed by atoms with Gasteiger partial charge < -0.3 is 4.98 Å². The van der Waals surface area contributed by atoms with Gasteiger partial charge in [0.2, 0.25) is 0 Å². The second kappa shape index (κ2) is 6.67. The van der Waals surface area contributed by atoms with E-state index in [0.717, 1.165) is 49.4 Å². The Labute approximate surface area is 137 Å². The van der Waals surface area contributed by atoms with Gasteiger partial charge in [0.25, 0.3) is 5.56 Å². The first-order valence-electron chi connectivity index (χ1n) is 8.47. The number of rotatable bonds is 4. The van der Waals surface area contributed by atoms with Crippen molar-refractivity contribution in [2.45, 2.75) is 53.1 Å². The number of aryl methyl sites for hydroxylation is 3. The van der Waals surface area contributed by atoms with Crippen molar-refractivity contribution in [2.24, 2.45) is 0 Å². The molecule has 2 aromatic rings. The Morgan fingerprint density at radius 2 is 2.00 bits per heavy atom. The molecular formula is C19H25N3O. The molecule has 4 nitrogen and oxygen atoms in total. The van der Waals surface area contributed by atoms with E-state index in [1.54, 1.807) is 0 Å². The number of H-pyrrole nitrogens is 1. The van der Waals surface area contributed by atoms with Crippen LogP contribution in [0.25, 0.3) is 0 Å². The molecule has 3 rings (SSSR count). The van der Waals surface area contributed by atoms with Crippen molar-refractivity contribution in [3.05, 3.63) is 62.3 Å². The van der Waals surface area contributed by atoms with E-state index in [-0.39, 0.29) is 5.56 Å². The van der Waals surface area contributed by atoms with Crippen molar-refractivity contribution in [3.8, 4) is 0 Å². The van der Waals surface area contributed by atoms with Gasteiger partial charge in [0, 0.05) is 32.5 Å². The summed E-state index contributed by atoms with van der Waals surface area (Å²) in [5, 5.41) is 0. The molecule has 2 heterocycles. The number of nitrogens with zero attached hydrogens (tertiary/aromatic N) is 2. The molecule has 23 heavy (non-hydrogen) atoms. The maximum absolute atomic E-state index is 12.4. The fourth-order valence-corrected chi connectivity index (χ4v) is 3.34. The van der Waals surface area contributed by atoms with Crippen molar-refractivity contribution in [2.75, 3.05) is 6.54 Å². The second-order valence-corrected chi connectivity index (χ2v) is 6.52. The molecule has 4 heteroatoms. The van der Waals surface area contributed by atoms with Crippen molar-refractivity contribution in [3.63, 3.8) is 0 Å². The lowest BCUT2D eigenvalue weighted by atomic mass is 10.0. The van der Waals surface area contributed by atoms with E-state index in [1.165, 1.54) is 16.7 Å². The molecule has 1 N–H and O–H groups in total. The molecule has 0 spiro atoms. The van der Waals surface area contributed by atoms with Gasteiger partial charge in [-0.2, -0.15) is 0 Å². The first kappa shape index (κ1) is 15.9. The van der Waals surface area contributed by atoms with Crippen LogP contribution < -0.4 is 5.56 Å². The minimum absolute atomic E-state index is 0.0460. The first-order chi connectivity index (χ1) is 11.1. The van der Waals surface area contributed by atoms with Crippen LogP contribution in [0.2, 0.25) is 0 Å². The van der Waals surface area contributed by atoms with Crippen molar-refractivity contribution in [1.29, 1.82) is 0 Å². The van der Waals surface area contributed by atoms with E-state index in [1.807, 2.05) is 0 Å². The topological polar surface area (TPSA) is 49.0 Å². The summed E-state index contributed by atoms with van der Waals surface area (Å²) in [6.45, 7) is 8.97. The summed E-state index contributed by atoms with van der Waals surface area (Å²) in [4.78, 5) is 22.3. The fraction of sp³-hybridized carbons (Fsp3) is 0.474. The molecule has 0 radical (unpaired) electrons. The van der Waals surface area contributed by atoms with Crippen LogP contribution in [0.5, 0.6) is 0 Å². The minimum Gasteiger partial charge on any atom is -0.310 e. The monoisotopic (exact) mass is 311 g/mol. The SMILES string of the molecule is CCCc1nc2c(c(=O)[nH]1)CN(Cc1c(C)cccc1C)CC2. The van der Waals surface area contributed by atoms with Crippen molar-refractivity contribution >= 4 is 0 Å². The third-order valence-corrected chi connectivity index (χ3v) is 4.71. The predicted molar refractivity (Wildman–Crippen MR) is 92.6 cm³/mol. The molecule has 0 saturated carbocycles. The van der Waals surface area contributed by atoms with E-state index in [0.29, 0.717) is 6.54 Å². The zero-order chi connectivity index (χ0) is 16.4. The number of hydrogen-bond donors (Lipinski definition) is 1. The maximum atomic E-state index is 12.4. The second-order valence-electron chi connectivity index (χ2n) is 6.52. The van der Waals surface area contributed by atoms with Crippen molar-refractivity contribution in [1.82, 2.24) is 14.9 Å². The highest BCUT2D eigenvalue weighted by atomic mass is 16.1. The molecular weight excluding hydrogens is 286 g/mol. The molecule has 0 fully saturated rings. The number of nitrogens with one attached hydrogen (secondary N) is 1. The van der Waals surface area contributed by atoms with Gasteiger partial charge in [-0.15, -0.1) is 0 Å². The van der Waals surface area contributed by atoms with Crippen LogP contribution in [-0.4, -0.2) is 21.4 Å². The average Bonchev–Trinajstić information content (AvgIpc) is 2.52. The molecule has 1 aliphatic heterocycles. The summed E-state index contributed by atoms with van der Waals surface area (Å²) in [5.74, 6) is 0.833. The Balaban J connectivity index is 1.82. The fourth-order valence-electron chi connectivity index (χ4n) is 3.34. The Kier molecular flexibility index (Phi) is 4.62. The molecule has 0 unspecified atom stereocenters. The summed E-state index contributed by atoms with van der Waals surface area (Å²) >= 11 is 0. The van der Waals surface area contributed by atoms with E-state index in [2.05, 4.69) is 53.8 Å². The smallest absolute Gasteiger partial charge is 0.255 e. The number of aromatic nitrogens is 2. The van der Waals surface area contributed by atoms with E-state index < -0.39 is 0 Å². The highest BCUT2D eigenvalue weighted by Crippen LogP contribution is 2.20. The predicted octanol–water partition coefficient (Wildman–Crippen LogP) is 2.90. The van der Waals surface area contributed by atoms with Gasteiger partial charge in [-0.05, 0) is 37.0 Å². The lowest BCUT2D eigenvalue weighted by Gasteiger charge is -2.28. The van der Waals surface area contributed by atoms with Gasteiger partial charge in [-0.25, -0.2) is 4.98 Å². The first-order valence-corrected chi connectivity index (χ1v) is 8.47. The summed E-state index contributed by atoms with van der Waals surface area (Å²) in [6.07, 6.45) is 2.70. The molecule has 122 valence electrons.